The Hall–Kier alpha value is -3.94. The normalized spacial score (nSPS) is 13.2. The minimum atomic E-state index is -0.166. The number of nitrogens with one attached hydrogen (secondary N) is 1. The number of hydrogen-bond donors (Lipinski definition) is 1. The molecule has 2 heterocycles. The summed E-state index contributed by atoms with van der Waals surface area (Å²) >= 11 is 0. The van der Waals surface area contributed by atoms with Crippen LogP contribution < -0.4 is 10.1 Å². The Labute approximate surface area is 185 Å². The maximum absolute atomic E-state index is 12.7. The van der Waals surface area contributed by atoms with Crippen molar-refractivity contribution in [2.24, 2.45) is 0 Å². The molecule has 4 aromatic rings. The van der Waals surface area contributed by atoms with Gasteiger partial charge in [0.1, 0.15) is 5.75 Å². The predicted octanol–water partition coefficient (Wildman–Crippen LogP) is 4.05. The minimum absolute atomic E-state index is 0.166. The van der Waals surface area contributed by atoms with Gasteiger partial charge in [0.25, 0.3) is 5.91 Å². The van der Waals surface area contributed by atoms with Crippen molar-refractivity contribution >= 4 is 5.91 Å². The third-order valence-electron chi connectivity index (χ3n) is 5.51. The molecule has 1 N–H and O–H groups in total. The van der Waals surface area contributed by atoms with Gasteiger partial charge in [-0.25, -0.2) is 4.68 Å². The third-order valence-corrected chi connectivity index (χ3v) is 5.51. The van der Waals surface area contributed by atoms with Crippen molar-refractivity contribution < 1.29 is 14.1 Å². The lowest BCUT2D eigenvalue weighted by atomic mass is 10.2. The van der Waals surface area contributed by atoms with E-state index in [0.29, 0.717) is 29.5 Å². The Bertz CT molecular complexity index is 1240. The largest absolute Gasteiger partial charge is 0.497 e. The molecule has 0 unspecified atom stereocenters. The van der Waals surface area contributed by atoms with E-state index in [0.717, 1.165) is 41.3 Å². The molecule has 0 atom stereocenters. The highest BCUT2D eigenvalue weighted by molar-refractivity contribution is 5.95. The van der Waals surface area contributed by atoms with Crippen LogP contribution in [0.2, 0.25) is 0 Å². The second kappa shape index (κ2) is 8.30. The fourth-order valence-corrected chi connectivity index (χ4v) is 3.45. The van der Waals surface area contributed by atoms with Gasteiger partial charge in [-0.15, -0.1) is 0 Å². The summed E-state index contributed by atoms with van der Waals surface area (Å²) in [7, 11) is 1.63. The zero-order valence-corrected chi connectivity index (χ0v) is 17.9. The lowest BCUT2D eigenvalue weighted by Crippen LogP contribution is -2.23. The molecule has 0 saturated heterocycles. The summed E-state index contributed by atoms with van der Waals surface area (Å²) in [6.45, 7) is 2.25. The minimum Gasteiger partial charge on any atom is -0.497 e. The first-order chi connectivity index (χ1) is 15.6. The second-order valence-corrected chi connectivity index (χ2v) is 7.88. The summed E-state index contributed by atoms with van der Waals surface area (Å²) in [6, 6.07) is 15.3. The van der Waals surface area contributed by atoms with E-state index in [1.54, 1.807) is 18.0 Å². The van der Waals surface area contributed by atoms with E-state index in [9.17, 15) is 4.79 Å². The molecule has 2 aromatic heterocycles. The summed E-state index contributed by atoms with van der Waals surface area (Å²) in [4.78, 5) is 17.2. The number of aromatic nitrogens is 4. The Morgan fingerprint density at radius 1 is 1.16 bits per heavy atom. The molecule has 0 radical (unpaired) electrons. The Morgan fingerprint density at radius 2 is 1.91 bits per heavy atom. The molecular weight excluding hydrogens is 406 g/mol. The average molecular weight is 429 g/mol. The van der Waals surface area contributed by atoms with Crippen LogP contribution in [-0.4, -0.2) is 32.9 Å². The molecular formula is C24H23N5O3. The molecule has 5 rings (SSSR count). The molecule has 32 heavy (non-hydrogen) atoms. The van der Waals surface area contributed by atoms with Crippen LogP contribution in [0.15, 0.2) is 59.3 Å². The average Bonchev–Trinajstić information content (AvgIpc) is 3.43. The molecule has 2 aromatic carbocycles. The number of amides is 1. The maximum atomic E-state index is 12.7. The topological polar surface area (TPSA) is 95.1 Å². The van der Waals surface area contributed by atoms with Crippen molar-refractivity contribution in [1.29, 1.82) is 0 Å². The maximum Gasteiger partial charge on any atom is 0.255 e. The number of hydrogen-bond acceptors (Lipinski definition) is 6. The van der Waals surface area contributed by atoms with E-state index >= 15 is 0 Å². The van der Waals surface area contributed by atoms with Crippen molar-refractivity contribution in [3.8, 4) is 22.8 Å². The lowest BCUT2D eigenvalue weighted by Gasteiger charge is -2.05. The standard InChI is InChI=1S/C24H23N5O3/c1-15-21(23(30)25-13-16-3-11-20(31-2)12-4-16)14-29(27-15)19-9-7-17(8-10-19)22-26-24(32-28-22)18-5-6-18/h3-4,7-12,14,18H,5-6,13H2,1-2H3,(H,25,30). The van der Waals surface area contributed by atoms with Crippen molar-refractivity contribution in [3.05, 3.63) is 77.4 Å². The van der Waals surface area contributed by atoms with Crippen LogP contribution in [0, 0.1) is 6.92 Å². The first kappa shape index (κ1) is 20.0. The summed E-state index contributed by atoms with van der Waals surface area (Å²) in [5.41, 5.74) is 3.91. The molecule has 1 amide bonds. The van der Waals surface area contributed by atoms with Gasteiger partial charge in [-0.2, -0.15) is 10.1 Å². The zero-order valence-electron chi connectivity index (χ0n) is 17.9. The summed E-state index contributed by atoms with van der Waals surface area (Å²) < 4.78 is 12.2. The highest BCUT2D eigenvalue weighted by Gasteiger charge is 2.29. The molecule has 0 spiro atoms. The first-order valence-corrected chi connectivity index (χ1v) is 10.5. The van der Waals surface area contributed by atoms with E-state index in [1.807, 2.05) is 55.5 Å². The predicted molar refractivity (Wildman–Crippen MR) is 118 cm³/mol. The number of rotatable bonds is 7. The summed E-state index contributed by atoms with van der Waals surface area (Å²) in [5.74, 6) is 2.36. The second-order valence-electron chi connectivity index (χ2n) is 7.88. The smallest absolute Gasteiger partial charge is 0.255 e. The number of aryl methyl sites for hydroxylation is 1. The molecule has 1 saturated carbocycles. The molecule has 8 nitrogen and oxygen atoms in total. The van der Waals surface area contributed by atoms with Gasteiger partial charge >= 0.3 is 0 Å². The van der Waals surface area contributed by atoms with Crippen LogP contribution in [0.4, 0.5) is 0 Å². The molecule has 1 fully saturated rings. The molecule has 0 aliphatic heterocycles. The van der Waals surface area contributed by atoms with E-state index in [2.05, 4.69) is 20.6 Å². The molecule has 1 aliphatic carbocycles. The van der Waals surface area contributed by atoms with Gasteiger partial charge in [-0.05, 0) is 61.7 Å². The van der Waals surface area contributed by atoms with Crippen molar-refractivity contribution in [2.45, 2.75) is 32.2 Å². The van der Waals surface area contributed by atoms with Gasteiger partial charge in [0.15, 0.2) is 0 Å². The van der Waals surface area contributed by atoms with Gasteiger partial charge in [-0.1, -0.05) is 17.3 Å². The van der Waals surface area contributed by atoms with Gasteiger partial charge in [0.2, 0.25) is 11.7 Å². The SMILES string of the molecule is COc1ccc(CNC(=O)c2cn(-c3ccc(-c4noc(C5CC5)n4)cc3)nc2C)cc1. The Kier molecular flexibility index (Phi) is 5.18. The van der Waals surface area contributed by atoms with Crippen LogP contribution in [0.5, 0.6) is 5.75 Å². The highest BCUT2D eigenvalue weighted by Crippen LogP contribution is 2.39. The first-order valence-electron chi connectivity index (χ1n) is 10.5. The van der Waals surface area contributed by atoms with Gasteiger partial charge in [-0.3, -0.25) is 4.79 Å². The van der Waals surface area contributed by atoms with Crippen LogP contribution in [0.1, 0.15) is 46.3 Å². The summed E-state index contributed by atoms with van der Waals surface area (Å²) in [5, 5.41) is 11.5. The fraction of sp³-hybridized carbons (Fsp3) is 0.250. The van der Waals surface area contributed by atoms with Gasteiger partial charge in [0.05, 0.1) is 24.1 Å². The number of nitrogens with zero attached hydrogens (tertiary/aromatic N) is 4. The number of carbonyl (C=O) groups excluding carboxylic acids is 1. The van der Waals surface area contributed by atoms with E-state index in [4.69, 9.17) is 9.26 Å². The fourth-order valence-electron chi connectivity index (χ4n) is 3.45. The number of methoxy groups -OCH3 is 1. The number of benzene rings is 2. The van der Waals surface area contributed by atoms with Crippen LogP contribution in [0.3, 0.4) is 0 Å². The van der Waals surface area contributed by atoms with Crippen LogP contribution in [0.25, 0.3) is 17.1 Å². The third kappa shape index (κ3) is 4.12. The molecule has 162 valence electrons. The molecule has 0 bridgehead atoms. The van der Waals surface area contributed by atoms with Crippen molar-refractivity contribution in [1.82, 2.24) is 25.2 Å². The number of ether oxygens (including phenoxy) is 1. The van der Waals surface area contributed by atoms with E-state index in [-0.39, 0.29) is 5.91 Å². The quantitative estimate of drug-likeness (QED) is 0.476. The molecule has 8 heteroatoms. The van der Waals surface area contributed by atoms with Crippen molar-refractivity contribution in [3.63, 3.8) is 0 Å². The van der Waals surface area contributed by atoms with Gasteiger partial charge < -0.3 is 14.6 Å². The highest BCUT2D eigenvalue weighted by atomic mass is 16.5. The molecule has 1 aliphatic rings. The number of carbonyl (C=O) groups is 1. The van der Waals surface area contributed by atoms with Crippen LogP contribution >= 0.6 is 0 Å². The summed E-state index contributed by atoms with van der Waals surface area (Å²) in [6.07, 6.45) is 3.98. The van der Waals surface area contributed by atoms with Crippen molar-refractivity contribution in [2.75, 3.05) is 7.11 Å². The van der Waals surface area contributed by atoms with Crippen LogP contribution in [-0.2, 0) is 6.54 Å². The zero-order chi connectivity index (χ0) is 22.1. The van der Waals surface area contributed by atoms with E-state index < -0.39 is 0 Å². The monoisotopic (exact) mass is 429 g/mol. The lowest BCUT2D eigenvalue weighted by molar-refractivity contribution is 0.0950. The van der Waals surface area contributed by atoms with E-state index in [1.165, 1.54) is 0 Å². The Morgan fingerprint density at radius 3 is 2.59 bits per heavy atom. The Balaban J connectivity index is 1.27. The van der Waals surface area contributed by atoms with Gasteiger partial charge in [0, 0.05) is 24.2 Å².